The van der Waals surface area contributed by atoms with Crippen LogP contribution in [0.2, 0.25) is 0 Å². The summed E-state index contributed by atoms with van der Waals surface area (Å²) in [4.78, 5) is 27.7. The van der Waals surface area contributed by atoms with Gasteiger partial charge in [-0.2, -0.15) is 0 Å². The number of thiazole rings is 1. The molecule has 1 aromatic carbocycles. The van der Waals surface area contributed by atoms with Crippen molar-refractivity contribution in [3.8, 4) is 0 Å². The molecule has 2 aromatic rings. The van der Waals surface area contributed by atoms with Gasteiger partial charge in [-0.1, -0.05) is 33.3 Å². The minimum Gasteiger partial charge on any atom is -0.465 e. The first-order chi connectivity index (χ1) is 14.4. The summed E-state index contributed by atoms with van der Waals surface area (Å²) in [5.41, 5.74) is 0.751. The fourth-order valence-electron chi connectivity index (χ4n) is 3.47. The third-order valence-corrected chi connectivity index (χ3v) is 7.41. The average Bonchev–Trinajstić information content (AvgIpc) is 3.34. The second kappa shape index (κ2) is 11.1. The lowest BCUT2D eigenvalue weighted by Gasteiger charge is -2.13. The van der Waals surface area contributed by atoms with Gasteiger partial charge in [-0.05, 0) is 55.7 Å². The molecule has 2 N–H and O–H groups in total. The molecule has 3 rings (SSSR count). The van der Waals surface area contributed by atoms with Gasteiger partial charge >= 0.3 is 12.0 Å². The molecule has 1 aliphatic rings. The standard InChI is InChI=1S/C20H23BrFN3O3S2/c1-2-28-17(26)11-29-18-10-24-20(30-18)25-19(27)23-9-12-3-4-13(7-12)15-6-5-14(21)8-16(15)22/h5-6,8,10,12-13H,2-4,7,9,11H2,1H3,(H2,23,24,25,27). The van der Waals surface area contributed by atoms with E-state index in [0.29, 0.717) is 24.2 Å². The Balaban J connectivity index is 1.40. The maximum Gasteiger partial charge on any atom is 0.321 e. The topological polar surface area (TPSA) is 80.3 Å². The van der Waals surface area contributed by atoms with Gasteiger partial charge in [0.1, 0.15) is 5.82 Å². The van der Waals surface area contributed by atoms with Crippen LogP contribution in [0, 0.1) is 11.7 Å². The smallest absolute Gasteiger partial charge is 0.321 e. The number of carbonyl (C=O) groups is 2. The van der Waals surface area contributed by atoms with Crippen LogP contribution in [0.3, 0.4) is 0 Å². The molecule has 0 radical (unpaired) electrons. The minimum absolute atomic E-state index is 0.180. The number of hydrogen-bond acceptors (Lipinski definition) is 6. The first-order valence-electron chi connectivity index (χ1n) is 9.68. The molecule has 2 unspecified atom stereocenters. The number of nitrogens with one attached hydrogen (secondary N) is 2. The van der Waals surface area contributed by atoms with Crippen molar-refractivity contribution >= 4 is 56.2 Å². The lowest BCUT2D eigenvalue weighted by atomic mass is 9.96. The Bertz CT molecular complexity index is 896. The molecule has 1 aliphatic carbocycles. The first kappa shape index (κ1) is 23.0. The van der Waals surface area contributed by atoms with Crippen molar-refractivity contribution in [3.63, 3.8) is 0 Å². The molecule has 1 aromatic heterocycles. The number of amides is 2. The minimum atomic E-state index is -0.315. The highest BCUT2D eigenvalue weighted by Gasteiger charge is 2.28. The van der Waals surface area contributed by atoms with Crippen LogP contribution in [0.5, 0.6) is 0 Å². The third kappa shape index (κ3) is 6.68. The van der Waals surface area contributed by atoms with Crippen LogP contribution in [-0.4, -0.2) is 35.9 Å². The molecule has 2 amide bonds. The third-order valence-electron chi connectivity index (χ3n) is 4.84. The maximum atomic E-state index is 14.2. The van der Waals surface area contributed by atoms with Gasteiger partial charge in [-0.25, -0.2) is 14.2 Å². The van der Waals surface area contributed by atoms with Crippen molar-refractivity contribution in [2.75, 3.05) is 24.2 Å². The van der Waals surface area contributed by atoms with E-state index in [4.69, 9.17) is 4.74 Å². The summed E-state index contributed by atoms with van der Waals surface area (Å²) in [5.74, 6) is 0.257. The second-order valence-corrected chi connectivity index (χ2v) is 10.2. The lowest BCUT2D eigenvalue weighted by Crippen LogP contribution is -2.32. The van der Waals surface area contributed by atoms with Crippen LogP contribution in [0.4, 0.5) is 14.3 Å². The molecule has 0 saturated heterocycles. The van der Waals surface area contributed by atoms with Gasteiger partial charge in [-0.3, -0.25) is 10.1 Å². The molecular formula is C20H23BrFN3O3S2. The monoisotopic (exact) mass is 515 g/mol. The summed E-state index contributed by atoms with van der Waals surface area (Å²) >= 11 is 5.92. The zero-order valence-corrected chi connectivity index (χ0v) is 19.7. The highest BCUT2D eigenvalue weighted by atomic mass is 79.9. The first-order valence-corrected chi connectivity index (χ1v) is 12.3. The number of aromatic nitrogens is 1. The lowest BCUT2D eigenvalue weighted by molar-refractivity contribution is -0.139. The van der Waals surface area contributed by atoms with E-state index in [1.807, 2.05) is 12.1 Å². The van der Waals surface area contributed by atoms with Crippen LogP contribution in [0.1, 0.15) is 37.7 Å². The predicted molar refractivity (Wildman–Crippen MR) is 121 cm³/mol. The highest BCUT2D eigenvalue weighted by molar-refractivity contribution is 9.10. The Hall–Kier alpha value is -1.65. The van der Waals surface area contributed by atoms with Gasteiger partial charge < -0.3 is 10.1 Å². The summed E-state index contributed by atoms with van der Waals surface area (Å²) < 4.78 is 20.6. The molecule has 30 heavy (non-hydrogen) atoms. The van der Waals surface area contributed by atoms with E-state index in [1.165, 1.54) is 29.2 Å². The zero-order chi connectivity index (χ0) is 21.5. The summed E-state index contributed by atoms with van der Waals surface area (Å²) in [7, 11) is 0. The Morgan fingerprint density at radius 3 is 3.00 bits per heavy atom. The molecule has 0 spiro atoms. The van der Waals surface area contributed by atoms with Crippen LogP contribution in [0.25, 0.3) is 0 Å². The molecule has 1 fully saturated rings. The number of hydrogen-bond donors (Lipinski definition) is 2. The van der Waals surface area contributed by atoms with E-state index in [1.54, 1.807) is 13.1 Å². The average molecular weight is 516 g/mol. The van der Waals surface area contributed by atoms with E-state index in [-0.39, 0.29) is 29.5 Å². The molecule has 10 heteroatoms. The Labute approximate surface area is 191 Å². The van der Waals surface area contributed by atoms with Gasteiger partial charge in [0.2, 0.25) is 0 Å². The normalized spacial score (nSPS) is 18.2. The van der Waals surface area contributed by atoms with Crippen LogP contribution >= 0.6 is 39.0 Å². The highest BCUT2D eigenvalue weighted by Crippen LogP contribution is 2.39. The summed E-state index contributed by atoms with van der Waals surface area (Å²) in [6, 6.07) is 4.89. The van der Waals surface area contributed by atoms with Gasteiger partial charge in [-0.15, -0.1) is 11.8 Å². The number of rotatable bonds is 8. The maximum absolute atomic E-state index is 14.2. The van der Waals surface area contributed by atoms with E-state index in [2.05, 4.69) is 31.5 Å². The number of carbonyl (C=O) groups excluding carboxylic acids is 2. The van der Waals surface area contributed by atoms with E-state index >= 15 is 0 Å². The number of urea groups is 1. The van der Waals surface area contributed by atoms with Crippen molar-refractivity contribution in [1.82, 2.24) is 10.3 Å². The molecule has 0 bridgehead atoms. The number of nitrogens with zero attached hydrogens (tertiary/aromatic N) is 1. The van der Waals surface area contributed by atoms with E-state index in [0.717, 1.165) is 33.5 Å². The van der Waals surface area contributed by atoms with Gasteiger partial charge in [0.05, 0.1) is 22.8 Å². The molecule has 6 nitrogen and oxygen atoms in total. The Morgan fingerprint density at radius 1 is 1.40 bits per heavy atom. The molecule has 0 aliphatic heterocycles. The molecule has 1 heterocycles. The summed E-state index contributed by atoms with van der Waals surface area (Å²) in [6.45, 7) is 2.66. The number of esters is 1. The van der Waals surface area contributed by atoms with Gasteiger partial charge in [0.25, 0.3) is 0 Å². The molecular weight excluding hydrogens is 493 g/mol. The quantitative estimate of drug-likeness (QED) is 0.363. The Kier molecular flexibility index (Phi) is 8.52. The number of anilines is 1. The second-order valence-electron chi connectivity index (χ2n) is 6.96. The Morgan fingerprint density at radius 2 is 2.23 bits per heavy atom. The number of halogens is 2. The van der Waals surface area contributed by atoms with Crippen LogP contribution in [-0.2, 0) is 9.53 Å². The van der Waals surface area contributed by atoms with Crippen molar-refractivity contribution in [2.45, 2.75) is 36.3 Å². The molecule has 2 atom stereocenters. The fraction of sp³-hybridized carbons (Fsp3) is 0.450. The van der Waals surface area contributed by atoms with Gasteiger partial charge in [0, 0.05) is 11.0 Å². The van der Waals surface area contributed by atoms with E-state index in [9.17, 15) is 14.0 Å². The SMILES string of the molecule is CCOC(=O)CSc1cnc(NC(=O)NCC2CCC(c3ccc(Br)cc3F)C2)s1. The van der Waals surface area contributed by atoms with Crippen molar-refractivity contribution in [1.29, 1.82) is 0 Å². The fourth-order valence-corrected chi connectivity index (χ4v) is 5.47. The van der Waals surface area contributed by atoms with Crippen LogP contribution < -0.4 is 10.6 Å². The van der Waals surface area contributed by atoms with Crippen molar-refractivity contribution in [2.24, 2.45) is 5.92 Å². The molecule has 162 valence electrons. The molecule has 1 saturated carbocycles. The number of ether oxygens (including phenoxy) is 1. The largest absolute Gasteiger partial charge is 0.465 e. The van der Waals surface area contributed by atoms with Crippen LogP contribution in [0.15, 0.2) is 33.1 Å². The zero-order valence-electron chi connectivity index (χ0n) is 16.5. The number of benzene rings is 1. The summed E-state index contributed by atoms with van der Waals surface area (Å²) in [5, 5.41) is 6.07. The predicted octanol–water partition coefficient (Wildman–Crippen LogP) is 5.41. The summed E-state index contributed by atoms with van der Waals surface area (Å²) in [6.07, 6.45) is 4.34. The van der Waals surface area contributed by atoms with Crippen molar-refractivity contribution in [3.05, 3.63) is 40.2 Å². The number of thioether (sulfide) groups is 1. The van der Waals surface area contributed by atoms with E-state index < -0.39 is 0 Å². The van der Waals surface area contributed by atoms with Gasteiger partial charge in [0.15, 0.2) is 5.13 Å². The van der Waals surface area contributed by atoms with Crippen molar-refractivity contribution < 1.29 is 18.7 Å².